The largest absolute Gasteiger partial charge is 0.406 e. The van der Waals surface area contributed by atoms with E-state index in [9.17, 15) is 18.0 Å². The first-order valence-corrected chi connectivity index (χ1v) is 16.6. The normalized spacial score (nSPS) is 28.3. The summed E-state index contributed by atoms with van der Waals surface area (Å²) < 4.78 is 46.8. The molecular formula is C23H40N4O7SSi. The van der Waals surface area contributed by atoms with E-state index in [0.29, 0.717) is 25.2 Å². The SMILES string of the molecule is CCN(CC)C[C@H]1O[C@@H](n2cc(C)c(=O)n(C)c2=O)[C@H](O[Si](C)(C)C(C)(C)C)[C@]12OS(=O)(=O)C=C2N. The Morgan fingerprint density at radius 2 is 1.81 bits per heavy atom. The summed E-state index contributed by atoms with van der Waals surface area (Å²) in [7, 11) is -5.33. The summed E-state index contributed by atoms with van der Waals surface area (Å²) in [5, 5.41) is 0.654. The van der Waals surface area contributed by atoms with Gasteiger partial charge in [0.1, 0.15) is 12.2 Å². The lowest BCUT2D eigenvalue weighted by Crippen LogP contribution is -2.59. The standard InChI is InChI=1S/C23H40N4O7SSi/c1-10-26(11-2)13-17-23(16(24)14-35(30,31)34-23)18(33-36(8,9)22(4,5)6)20(32-17)27-12-15(3)19(28)25(7)21(27)29/h12,14,17-18,20H,10-11,13,24H2,1-9H3/t17-,18+,20-,23-/m1/s1. The fourth-order valence-electron chi connectivity index (χ4n) is 4.47. The third kappa shape index (κ3) is 4.76. The predicted octanol–water partition coefficient (Wildman–Crippen LogP) is 1.38. The molecule has 0 bridgehead atoms. The average Bonchev–Trinajstić information content (AvgIpc) is 3.18. The molecular weight excluding hydrogens is 504 g/mol. The van der Waals surface area contributed by atoms with Gasteiger partial charge in [-0.2, -0.15) is 8.42 Å². The number of rotatable bonds is 7. The van der Waals surface area contributed by atoms with Gasteiger partial charge in [0.25, 0.3) is 15.7 Å². The van der Waals surface area contributed by atoms with Crippen LogP contribution in [0.2, 0.25) is 18.1 Å². The second kappa shape index (κ2) is 9.51. The van der Waals surface area contributed by atoms with Gasteiger partial charge in [0, 0.05) is 25.4 Å². The van der Waals surface area contributed by atoms with Crippen molar-refractivity contribution in [2.24, 2.45) is 12.8 Å². The molecule has 2 N–H and O–H groups in total. The second-order valence-corrected chi connectivity index (χ2v) is 17.3. The Bertz CT molecular complexity index is 1260. The van der Waals surface area contributed by atoms with Gasteiger partial charge in [-0.05, 0) is 38.1 Å². The summed E-state index contributed by atoms with van der Waals surface area (Å²) in [5.74, 6) is 0. The smallest absolute Gasteiger partial charge is 0.332 e. The zero-order valence-corrected chi connectivity index (χ0v) is 24.5. The summed E-state index contributed by atoms with van der Waals surface area (Å²) in [5.41, 5.74) is 4.02. The van der Waals surface area contributed by atoms with Crippen LogP contribution in [0.25, 0.3) is 0 Å². The first-order chi connectivity index (χ1) is 16.4. The van der Waals surface area contributed by atoms with E-state index in [1.165, 1.54) is 17.8 Å². The molecule has 3 rings (SSSR count). The van der Waals surface area contributed by atoms with Crippen LogP contribution in [-0.2, 0) is 30.5 Å². The van der Waals surface area contributed by atoms with E-state index in [2.05, 4.69) is 25.7 Å². The van der Waals surface area contributed by atoms with Gasteiger partial charge in [0.2, 0.25) is 0 Å². The van der Waals surface area contributed by atoms with Crippen LogP contribution >= 0.6 is 0 Å². The molecule has 13 heteroatoms. The van der Waals surface area contributed by atoms with Crippen molar-refractivity contribution in [1.82, 2.24) is 14.0 Å². The van der Waals surface area contributed by atoms with Crippen molar-refractivity contribution in [3.05, 3.63) is 43.7 Å². The molecule has 0 amide bonds. The summed E-state index contributed by atoms with van der Waals surface area (Å²) in [4.78, 5) is 27.8. The average molecular weight is 545 g/mol. The van der Waals surface area contributed by atoms with Crippen LogP contribution in [0, 0.1) is 6.92 Å². The maximum atomic E-state index is 13.3. The van der Waals surface area contributed by atoms with Crippen molar-refractivity contribution in [1.29, 1.82) is 0 Å². The molecule has 3 heterocycles. The summed E-state index contributed by atoms with van der Waals surface area (Å²) >= 11 is 0. The Labute approximate surface area is 214 Å². The number of aromatic nitrogens is 2. The van der Waals surface area contributed by atoms with Crippen molar-refractivity contribution in [2.75, 3.05) is 19.6 Å². The Balaban J connectivity index is 2.30. The number of likely N-dealkylation sites (N-methyl/N-ethyl adjacent to an activating group) is 1. The van der Waals surface area contributed by atoms with Gasteiger partial charge in [0.05, 0.1) is 11.1 Å². The molecule has 2 aliphatic heterocycles. The van der Waals surface area contributed by atoms with Crippen LogP contribution in [0.1, 0.15) is 46.4 Å². The van der Waals surface area contributed by atoms with E-state index >= 15 is 0 Å². The van der Waals surface area contributed by atoms with Crippen molar-refractivity contribution in [3.63, 3.8) is 0 Å². The molecule has 1 aromatic rings. The Hall–Kier alpha value is -1.77. The number of nitrogens with zero attached hydrogens (tertiary/aromatic N) is 3. The van der Waals surface area contributed by atoms with Crippen LogP contribution in [0.15, 0.2) is 26.9 Å². The summed E-state index contributed by atoms with van der Waals surface area (Å²) in [6.45, 7) is 17.4. The molecule has 2 aliphatic rings. The van der Waals surface area contributed by atoms with Crippen molar-refractivity contribution in [3.8, 4) is 0 Å². The molecule has 0 aliphatic carbocycles. The molecule has 1 saturated heterocycles. The molecule has 0 saturated carbocycles. The molecule has 1 aromatic heterocycles. The minimum absolute atomic E-state index is 0.0274. The Morgan fingerprint density at radius 1 is 1.22 bits per heavy atom. The van der Waals surface area contributed by atoms with Crippen LogP contribution in [0.5, 0.6) is 0 Å². The molecule has 4 atom stereocenters. The Morgan fingerprint density at radius 3 is 2.28 bits per heavy atom. The Kier molecular flexibility index (Phi) is 7.61. The number of hydrogen-bond acceptors (Lipinski definition) is 9. The quantitative estimate of drug-likeness (QED) is 0.399. The lowest BCUT2D eigenvalue weighted by Gasteiger charge is -2.43. The monoisotopic (exact) mass is 544 g/mol. The van der Waals surface area contributed by atoms with E-state index in [4.69, 9.17) is 19.1 Å². The van der Waals surface area contributed by atoms with E-state index < -0.39 is 53.7 Å². The molecule has 0 aromatic carbocycles. The summed E-state index contributed by atoms with van der Waals surface area (Å²) in [6, 6.07) is 0. The number of hydrogen-bond donors (Lipinski definition) is 1. The van der Waals surface area contributed by atoms with Crippen LogP contribution in [0.4, 0.5) is 0 Å². The molecule has 0 radical (unpaired) electrons. The highest BCUT2D eigenvalue weighted by Crippen LogP contribution is 2.51. The van der Waals surface area contributed by atoms with Crippen LogP contribution in [-0.4, -0.2) is 68.2 Å². The zero-order chi connectivity index (χ0) is 27.4. The zero-order valence-electron chi connectivity index (χ0n) is 22.7. The van der Waals surface area contributed by atoms with E-state index in [1.54, 1.807) is 6.92 Å². The van der Waals surface area contributed by atoms with Gasteiger partial charge in [-0.1, -0.05) is 34.6 Å². The van der Waals surface area contributed by atoms with Gasteiger partial charge < -0.3 is 19.8 Å². The van der Waals surface area contributed by atoms with E-state index in [-0.39, 0.29) is 10.7 Å². The second-order valence-electron chi connectivity index (χ2n) is 11.1. The number of nitrogens with two attached hydrogens (primary N) is 1. The van der Waals surface area contributed by atoms with Gasteiger partial charge in [-0.3, -0.25) is 13.9 Å². The molecule has 1 fully saturated rings. The van der Waals surface area contributed by atoms with Crippen molar-refractivity contribution in [2.45, 2.75) is 83.7 Å². The van der Waals surface area contributed by atoms with Gasteiger partial charge in [-0.15, -0.1) is 0 Å². The molecule has 0 unspecified atom stereocenters. The maximum Gasteiger partial charge on any atom is 0.332 e. The molecule has 204 valence electrons. The van der Waals surface area contributed by atoms with Gasteiger partial charge >= 0.3 is 5.69 Å². The van der Waals surface area contributed by atoms with Gasteiger partial charge in [0.15, 0.2) is 20.1 Å². The fourth-order valence-corrected chi connectivity index (χ4v) is 6.98. The number of ether oxygens (including phenoxy) is 1. The first kappa shape index (κ1) is 28.8. The summed E-state index contributed by atoms with van der Waals surface area (Å²) in [6.07, 6.45) is -1.59. The molecule has 1 spiro atoms. The lowest BCUT2D eigenvalue weighted by molar-refractivity contribution is -0.0492. The van der Waals surface area contributed by atoms with Crippen LogP contribution in [0.3, 0.4) is 0 Å². The molecule has 11 nitrogen and oxygen atoms in total. The minimum Gasteiger partial charge on any atom is -0.406 e. The van der Waals surface area contributed by atoms with E-state index in [1.807, 2.05) is 26.9 Å². The van der Waals surface area contributed by atoms with Gasteiger partial charge in [-0.25, -0.2) is 8.98 Å². The highest BCUT2D eigenvalue weighted by atomic mass is 32.2. The number of aryl methyl sites for hydroxylation is 1. The van der Waals surface area contributed by atoms with Crippen molar-refractivity contribution < 1.29 is 21.8 Å². The predicted molar refractivity (Wildman–Crippen MR) is 139 cm³/mol. The van der Waals surface area contributed by atoms with E-state index in [0.717, 1.165) is 9.98 Å². The highest BCUT2D eigenvalue weighted by molar-refractivity contribution is 7.90. The molecule has 36 heavy (non-hydrogen) atoms. The fraction of sp³-hybridized carbons (Fsp3) is 0.739. The lowest BCUT2D eigenvalue weighted by atomic mass is 9.88. The van der Waals surface area contributed by atoms with Crippen LogP contribution < -0.4 is 17.0 Å². The minimum atomic E-state index is -4.12. The van der Waals surface area contributed by atoms with Crippen molar-refractivity contribution >= 4 is 18.4 Å². The third-order valence-electron chi connectivity index (χ3n) is 7.74. The highest BCUT2D eigenvalue weighted by Gasteiger charge is 2.67. The topological polar surface area (TPSA) is 135 Å². The third-order valence-corrected chi connectivity index (χ3v) is 13.2. The maximum absolute atomic E-state index is 13.3. The first-order valence-electron chi connectivity index (χ1n) is 12.2.